The van der Waals surface area contributed by atoms with Crippen molar-refractivity contribution in [1.82, 2.24) is 15.1 Å². The molecule has 0 unspecified atom stereocenters. The third-order valence-electron chi connectivity index (χ3n) is 6.09. The van der Waals surface area contributed by atoms with Gasteiger partial charge in [-0.05, 0) is 45.6 Å². The summed E-state index contributed by atoms with van der Waals surface area (Å²) in [7, 11) is 0. The molecule has 0 aliphatic carbocycles. The van der Waals surface area contributed by atoms with Crippen molar-refractivity contribution < 1.29 is 19.1 Å². The molecule has 3 saturated heterocycles. The van der Waals surface area contributed by atoms with Crippen molar-refractivity contribution >= 4 is 29.7 Å². The van der Waals surface area contributed by atoms with Crippen LogP contribution in [0.2, 0.25) is 0 Å². The second-order valence-electron chi connectivity index (χ2n) is 9.51. The summed E-state index contributed by atoms with van der Waals surface area (Å²) in [6.45, 7) is 6.57. The highest BCUT2D eigenvalue weighted by molar-refractivity contribution is 8.00. The Morgan fingerprint density at radius 2 is 1.97 bits per heavy atom. The van der Waals surface area contributed by atoms with Crippen LogP contribution in [0.4, 0.5) is 4.79 Å². The van der Waals surface area contributed by atoms with E-state index < -0.39 is 22.6 Å². The van der Waals surface area contributed by atoms with Crippen molar-refractivity contribution in [1.29, 1.82) is 0 Å². The molecule has 0 spiro atoms. The number of ether oxygens (including phenoxy) is 1. The summed E-state index contributed by atoms with van der Waals surface area (Å²) in [5.74, 6) is 0.629. The first kappa shape index (κ1) is 22.0. The van der Waals surface area contributed by atoms with Gasteiger partial charge in [0.05, 0.1) is 0 Å². The topological polar surface area (TPSA) is 79.0 Å². The summed E-state index contributed by atoms with van der Waals surface area (Å²) in [6.07, 6.45) is 2.35. The molecule has 8 heteroatoms. The number of likely N-dealkylation sites (tertiary alicyclic amines) is 1. The van der Waals surface area contributed by atoms with E-state index in [0.29, 0.717) is 25.3 Å². The minimum atomic E-state index is -0.563. The molecular formula is C23H31N3O4S. The van der Waals surface area contributed by atoms with Gasteiger partial charge in [-0.2, -0.15) is 0 Å². The van der Waals surface area contributed by atoms with Crippen LogP contribution >= 0.6 is 11.8 Å². The number of carbonyl (C=O) groups excluding carboxylic acids is 3. The van der Waals surface area contributed by atoms with Crippen LogP contribution in [-0.4, -0.2) is 64.2 Å². The number of nitrogens with one attached hydrogen (secondary N) is 1. The summed E-state index contributed by atoms with van der Waals surface area (Å²) in [4.78, 5) is 41.7. The fraction of sp³-hybridized carbons (Fsp3) is 0.609. The normalized spacial score (nSPS) is 28.4. The monoisotopic (exact) mass is 445 g/mol. The molecule has 7 nitrogen and oxygen atoms in total. The van der Waals surface area contributed by atoms with Crippen LogP contribution in [0.3, 0.4) is 0 Å². The number of piperidine rings is 1. The average Bonchev–Trinajstić information content (AvgIpc) is 3.26. The smallest absolute Gasteiger partial charge is 0.407 e. The number of nitrogens with zero attached hydrogens (tertiary/aromatic N) is 2. The van der Waals surface area contributed by atoms with Crippen molar-refractivity contribution in [3.63, 3.8) is 0 Å². The fourth-order valence-electron chi connectivity index (χ4n) is 4.80. The van der Waals surface area contributed by atoms with Crippen LogP contribution in [0.1, 0.15) is 52.0 Å². The Morgan fingerprint density at radius 1 is 1.23 bits per heavy atom. The average molecular weight is 446 g/mol. The number of alkyl carbamates (subject to hydrolysis) is 1. The molecule has 0 saturated carbocycles. The van der Waals surface area contributed by atoms with Crippen molar-refractivity contribution in [2.45, 2.75) is 69.0 Å². The number of benzene rings is 1. The molecule has 3 aliphatic heterocycles. The second-order valence-corrected chi connectivity index (χ2v) is 10.8. The van der Waals surface area contributed by atoms with Crippen LogP contribution in [-0.2, 0) is 19.2 Å². The molecule has 0 radical (unpaired) electrons. The van der Waals surface area contributed by atoms with Crippen molar-refractivity contribution in [2.24, 2.45) is 0 Å². The predicted molar refractivity (Wildman–Crippen MR) is 119 cm³/mol. The van der Waals surface area contributed by atoms with Gasteiger partial charge in [0.15, 0.2) is 0 Å². The molecule has 3 atom stereocenters. The summed E-state index contributed by atoms with van der Waals surface area (Å²) in [5, 5.41) is 2.90. The highest BCUT2D eigenvalue weighted by atomic mass is 32.2. The van der Waals surface area contributed by atoms with E-state index in [1.54, 1.807) is 11.8 Å². The fourth-order valence-corrected chi connectivity index (χ4v) is 6.45. The first-order chi connectivity index (χ1) is 14.7. The Morgan fingerprint density at radius 3 is 2.68 bits per heavy atom. The first-order valence-electron chi connectivity index (χ1n) is 11.0. The Bertz CT molecular complexity index is 856. The third kappa shape index (κ3) is 4.40. The summed E-state index contributed by atoms with van der Waals surface area (Å²) >= 11 is 1.70. The van der Waals surface area contributed by atoms with Gasteiger partial charge in [0, 0.05) is 31.3 Å². The molecule has 1 aromatic carbocycles. The highest BCUT2D eigenvalue weighted by Crippen LogP contribution is 2.54. The summed E-state index contributed by atoms with van der Waals surface area (Å²) in [5.41, 5.74) is 0.524. The van der Waals surface area contributed by atoms with E-state index in [-0.39, 0.29) is 17.9 Å². The van der Waals surface area contributed by atoms with Gasteiger partial charge in [0.2, 0.25) is 11.8 Å². The highest BCUT2D eigenvalue weighted by Gasteiger charge is 2.57. The summed E-state index contributed by atoms with van der Waals surface area (Å²) in [6, 6.07) is 9.43. The van der Waals surface area contributed by atoms with Crippen LogP contribution in [0.15, 0.2) is 30.3 Å². The van der Waals surface area contributed by atoms with E-state index in [9.17, 15) is 14.4 Å². The number of carbonyl (C=O) groups is 3. The van der Waals surface area contributed by atoms with E-state index in [2.05, 4.69) is 5.32 Å². The molecule has 168 valence electrons. The van der Waals surface area contributed by atoms with E-state index in [1.165, 1.54) is 0 Å². The van der Waals surface area contributed by atoms with Gasteiger partial charge in [-0.3, -0.25) is 9.59 Å². The van der Waals surface area contributed by atoms with Gasteiger partial charge in [-0.1, -0.05) is 30.3 Å². The van der Waals surface area contributed by atoms with Gasteiger partial charge < -0.3 is 19.9 Å². The Kier molecular flexibility index (Phi) is 5.94. The maximum Gasteiger partial charge on any atom is 0.407 e. The molecule has 3 amide bonds. The first-order valence-corrected chi connectivity index (χ1v) is 12.0. The zero-order chi connectivity index (χ0) is 22.2. The molecule has 0 aromatic heterocycles. The number of amides is 3. The maximum atomic E-state index is 13.5. The van der Waals surface area contributed by atoms with Gasteiger partial charge in [-0.15, -0.1) is 11.8 Å². The molecule has 3 fully saturated rings. The largest absolute Gasteiger partial charge is 0.444 e. The number of rotatable bonds is 3. The molecular weight excluding hydrogens is 414 g/mol. The quantitative estimate of drug-likeness (QED) is 0.774. The third-order valence-corrected chi connectivity index (χ3v) is 7.69. The molecule has 3 aliphatic rings. The van der Waals surface area contributed by atoms with Gasteiger partial charge in [0.25, 0.3) is 0 Å². The molecule has 0 bridgehead atoms. The van der Waals surface area contributed by atoms with E-state index in [0.717, 1.165) is 24.8 Å². The number of hydrogen-bond acceptors (Lipinski definition) is 5. The Hall–Kier alpha value is -2.22. The van der Waals surface area contributed by atoms with Gasteiger partial charge in [0.1, 0.15) is 16.5 Å². The minimum absolute atomic E-state index is 0.0174. The molecule has 1 N–H and O–H groups in total. The zero-order valence-electron chi connectivity index (χ0n) is 18.4. The lowest BCUT2D eigenvalue weighted by Crippen LogP contribution is -2.56. The molecule has 4 rings (SSSR count). The van der Waals surface area contributed by atoms with Crippen molar-refractivity contribution in [3.05, 3.63) is 35.9 Å². The minimum Gasteiger partial charge on any atom is -0.444 e. The number of fused-ring (bicyclic) bond motifs is 1. The number of hydrogen-bond donors (Lipinski definition) is 1. The molecule has 31 heavy (non-hydrogen) atoms. The van der Waals surface area contributed by atoms with Crippen LogP contribution in [0.25, 0.3) is 0 Å². The van der Waals surface area contributed by atoms with E-state index in [4.69, 9.17) is 4.74 Å². The lowest BCUT2D eigenvalue weighted by atomic mass is 10.0. The lowest BCUT2D eigenvalue weighted by Gasteiger charge is -2.38. The van der Waals surface area contributed by atoms with Crippen molar-refractivity contribution in [2.75, 3.05) is 18.8 Å². The van der Waals surface area contributed by atoms with E-state index >= 15 is 0 Å². The van der Waals surface area contributed by atoms with Crippen LogP contribution < -0.4 is 5.32 Å². The van der Waals surface area contributed by atoms with E-state index in [1.807, 2.05) is 60.9 Å². The van der Waals surface area contributed by atoms with Crippen molar-refractivity contribution in [3.8, 4) is 0 Å². The van der Waals surface area contributed by atoms with Crippen LogP contribution in [0.5, 0.6) is 0 Å². The Balaban J connectivity index is 1.46. The van der Waals surface area contributed by atoms with Gasteiger partial charge in [-0.25, -0.2) is 4.79 Å². The SMILES string of the molecule is CC(C)(C)OC(=O)N[C@@H]1CCCN(C(=O)[C@@H]2CS[C@@]3(c4ccccc4)CCC(=O)N23)C1. The predicted octanol–water partition coefficient (Wildman–Crippen LogP) is 3.09. The second kappa shape index (κ2) is 8.37. The standard InChI is InChI=1S/C23H31N3O4S/c1-22(2,3)30-21(29)24-17-10-7-13-25(14-17)20(28)18-15-31-23(12-11-19(27)26(18)23)16-8-5-4-6-9-16/h4-6,8-9,17-18H,7,10-15H2,1-3H3,(H,24,29)/t17-,18+,23-/m1/s1. The van der Waals surface area contributed by atoms with Gasteiger partial charge >= 0.3 is 6.09 Å². The lowest BCUT2D eigenvalue weighted by molar-refractivity contribution is -0.145. The number of thioether (sulfide) groups is 1. The zero-order valence-corrected chi connectivity index (χ0v) is 19.2. The maximum absolute atomic E-state index is 13.5. The molecule has 1 aromatic rings. The van der Waals surface area contributed by atoms with Crippen LogP contribution in [0, 0.1) is 0 Å². The Labute approximate surface area is 187 Å². The summed E-state index contributed by atoms with van der Waals surface area (Å²) < 4.78 is 5.36. The molecule has 3 heterocycles.